The van der Waals surface area contributed by atoms with Crippen molar-refractivity contribution in [1.82, 2.24) is 5.43 Å². The van der Waals surface area contributed by atoms with Crippen molar-refractivity contribution in [1.29, 1.82) is 0 Å². The van der Waals surface area contributed by atoms with Gasteiger partial charge in [-0.15, -0.1) is 0 Å². The Morgan fingerprint density at radius 2 is 1.72 bits per heavy atom. The normalized spacial score (nSPS) is 10.4. The van der Waals surface area contributed by atoms with Crippen molar-refractivity contribution in [3.05, 3.63) is 64.7 Å². The Bertz CT molecular complexity index is 532. The molecular formula is C13H11ClF2N2. The van der Waals surface area contributed by atoms with Crippen LogP contribution in [0.2, 0.25) is 5.02 Å². The smallest absolute Gasteiger partial charge is 0.164 e. The van der Waals surface area contributed by atoms with Gasteiger partial charge in [0.2, 0.25) is 0 Å². The van der Waals surface area contributed by atoms with E-state index >= 15 is 0 Å². The second-order valence-corrected chi connectivity index (χ2v) is 4.07. The summed E-state index contributed by atoms with van der Waals surface area (Å²) in [6.07, 6.45) is 0. The Balaban J connectivity index is 2.01. The molecular weight excluding hydrogens is 258 g/mol. The Morgan fingerprint density at radius 1 is 1.00 bits per heavy atom. The molecule has 2 aromatic carbocycles. The molecule has 0 spiro atoms. The molecule has 18 heavy (non-hydrogen) atoms. The van der Waals surface area contributed by atoms with Crippen LogP contribution in [0.1, 0.15) is 5.56 Å². The monoisotopic (exact) mass is 268 g/mol. The molecule has 0 radical (unpaired) electrons. The maximum atomic E-state index is 13.5. The van der Waals surface area contributed by atoms with Crippen LogP contribution in [0.5, 0.6) is 0 Å². The third-order valence-corrected chi connectivity index (χ3v) is 2.76. The maximum absolute atomic E-state index is 13.5. The van der Waals surface area contributed by atoms with Crippen LogP contribution < -0.4 is 10.9 Å². The first-order valence-electron chi connectivity index (χ1n) is 5.35. The summed E-state index contributed by atoms with van der Waals surface area (Å²) in [6, 6.07) is 11.6. The van der Waals surface area contributed by atoms with Crippen LogP contribution in [-0.4, -0.2) is 0 Å². The first-order chi connectivity index (χ1) is 8.68. The molecule has 0 aliphatic rings. The molecule has 2 N–H and O–H groups in total. The fourth-order valence-corrected chi connectivity index (χ4v) is 1.70. The van der Waals surface area contributed by atoms with Crippen molar-refractivity contribution < 1.29 is 8.78 Å². The lowest BCUT2D eigenvalue weighted by Crippen LogP contribution is -2.22. The summed E-state index contributed by atoms with van der Waals surface area (Å²) < 4.78 is 26.5. The number of hydrazine groups is 1. The highest BCUT2D eigenvalue weighted by Crippen LogP contribution is 2.21. The summed E-state index contributed by atoms with van der Waals surface area (Å²) in [5.41, 5.74) is 6.58. The maximum Gasteiger partial charge on any atom is 0.164 e. The summed E-state index contributed by atoms with van der Waals surface area (Å²) in [6.45, 7) is 0.0807. The van der Waals surface area contributed by atoms with Gasteiger partial charge in [-0.3, -0.25) is 0 Å². The van der Waals surface area contributed by atoms with Gasteiger partial charge in [0, 0.05) is 22.8 Å². The number of anilines is 1. The predicted molar refractivity (Wildman–Crippen MR) is 68.3 cm³/mol. The van der Waals surface area contributed by atoms with Gasteiger partial charge in [0.15, 0.2) is 11.6 Å². The average molecular weight is 269 g/mol. The van der Waals surface area contributed by atoms with Crippen LogP contribution in [-0.2, 0) is 6.54 Å². The summed E-state index contributed by atoms with van der Waals surface area (Å²) in [5, 5.41) is 0.191. The Hall–Kier alpha value is -1.65. The minimum atomic E-state index is -0.926. The fourth-order valence-electron chi connectivity index (χ4n) is 1.49. The molecule has 0 aliphatic carbocycles. The second-order valence-electron chi connectivity index (χ2n) is 3.67. The van der Waals surface area contributed by atoms with E-state index in [1.54, 1.807) is 0 Å². The fraction of sp³-hybridized carbons (Fsp3) is 0.0769. The van der Waals surface area contributed by atoms with Crippen LogP contribution in [0.4, 0.5) is 14.5 Å². The molecule has 2 nitrogen and oxygen atoms in total. The minimum absolute atomic E-state index is 0.0807. The molecule has 5 heteroatoms. The molecule has 0 fully saturated rings. The molecule has 94 valence electrons. The molecule has 0 unspecified atom stereocenters. The summed E-state index contributed by atoms with van der Waals surface area (Å²) in [5.74, 6) is -1.83. The van der Waals surface area contributed by atoms with Crippen molar-refractivity contribution in [2.45, 2.75) is 6.54 Å². The van der Waals surface area contributed by atoms with Crippen LogP contribution in [0.25, 0.3) is 0 Å². The average Bonchev–Trinajstić information content (AvgIpc) is 2.39. The van der Waals surface area contributed by atoms with Gasteiger partial charge < -0.3 is 5.43 Å². The molecule has 0 atom stereocenters. The number of hydrogen-bond donors (Lipinski definition) is 2. The van der Waals surface area contributed by atoms with Crippen LogP contribution in [0.15, 0.2) is 42.5 Å². The lowest BCUT2D eigenvalue weighted by atomic mass is 10.2. The Labute approximate surface area is 109 Å². The summed E-state index contributed by atoms with van der Waals surface area (Å²) in [7, 11) is 0. The highest BCUT2D eigenvalue weighted by atomic mass is 35.5. The van der Waals surface area contributed by atoms with Gasteiger partial charge >= 0.3 is 0 Å². The standard InChI is InChI=1S/C13H11ClF2N2/c14-11-6-7-12(15)13(16)10(11)8-17-18-9-4-2-1-3-5-9/h1-7,17-18H,8H2. The Kier molecular flexibility index (Phi) is 4.12. The number of rotatable bonds is 4. The van der Waals surface area contributed by atoms with E-state index in [-0.39, 0.29) is 17.1 Å². The zero-order valence-corrected chi connectivity index (χ0v) is 10.1. The number of halogens is 3. The van der Waals surface area contributed by atoms with Gasteiger partial charge in [-0.1, -0.05) is 29.8 Å². The molecule has 0 heterocycles. The van der Waals surface area contributed by atoms with Gasteiger partial charge in [-0.2, -0.15) is 0 Å². The number of benzene rings is 2. The molecule has 0 amide bonds. The van der Waals surface area contributed by atoms with Crippen molar-refractivity contribution in [3.8, 4) is 0 Å². The lowest BCUT2D eigenvalue weighted by Gasteiger charge is -2.10. The van der Waals surface area contributed by atoms with Gasteiger partial charge in [0.1, 0.15) is 0 Å². The van der Waals surface area contributed by atoms with E-state index < -0.39 is 11.6 Å². The van der Waals surface area contributed by atoms with E-state index in [1.165, 1.54) is 6.07 Å². The van der Waals surface area contributed by atoms with Gasteiger partial charge in [-0.25, -0.2) is 14.2 Å². The summed E-state index contributed by atoms with van der Waals surface area (Å²) in [4.78, 5) is 0. The van der Waals surface area contributed by atoms with Crippen molar-refractivity contribution in [3.63, 3.8) is 0 Å². The minimum Gasteiger partial charge on any atom is -0.321 e. The number of hydrogen-bond acceptors (Lipinski definition) is 2. The largest absolute Gasteiger partial charge is 0.321 e. The highest BCUT2D eigenvalue weighted by molar-refractivity contribution is 6.31. The molecule has 2 aromatic rings. The molecule has 2 rings (SSSR count). The topological polar surface area (TPSA) is 24.1 Å². The van der Waals surface area contributed by atoms with Crippen molar-refractivity contribution in [2.24, 2.45) is 0 Å². The van der Waals surface area contributed by atoms with E-state index in [0.717, 1.165) is 11.8 Å². The van der Waals surface area contributed by atoms with E-state index in [1.807, 2.05) is 30.3 Å². The summed E-state index contributed by atoms with van der Waals surface area (Å²) >= 11 is 5.81. The highest BCUT2D eigenvalue weighted by Gasteiger charge is 2.11. The Morgan fingerprint density at radius 3 is 2.44 bits per heavy atom. The third kappa shape index (κ3) is 2.97. The molecule has 0 bridgehead atoms. The zero-order chi connectivity index (χ0) is 13.0. The van der Waals surface area contributed by atoms with Crippen molar-refractivity contribution >= 4 is 17.3 Å². The molecule has 0 saturated heterocycles. The van der Waals surface area contributed by atoms with Gasteiger partial charge in [0.05, 0.1) is 0 Å². The van der Waals surface area contributed by atoms with E-state index in [4.69, 9.17) is 11.6 Å². The predicted octanol–water partition coefficient (Wildman–Crippen LogP) is 3.73. The quantitative estimate of drug-likeness (QED) is 0.652. The lowest BCUT2D eigenvalue weighted by molar-refractivity contribution is 0.495. The van der Waals surface area contributed by atoms with Crippen molar-refractivity contribution in [2.75, 3.05) is 5.43 Å². The van der Waals surface area contributed by atoms with E-state index in [9.17, 15) is 8.78 Å². The van der Waals surface area contributed by atoms with Gasteiger partial charge in [0.25, 0.3) is 0 Å². The van der Waals surface area contributed by atoms with Crippen LogP contribution >= 0.6 is 11.6 Å². The number of nitrogens with one attached hydrogen (secondary N) is 2. The first kappa shape index (κ1) is 12.8. The first-order valence-corrected chi connectivity index (χ1v) is 5.72. The zero-order valence-electron chi connectivity index (χ0n) is 9.38. The molecule has 0 aromatic heterocycles. The SMILES string of the molecule is Fc1ccc(Cl)c(CNNc2ccccc2)c1F. The van der Waals surface area contributed by atoms with E-state index in [0.29, 0.717) is 0 Å². The number of para-hydroxylation sites is 1. The van der Waals surface area contributed by atoms with Gasteiger partial charge in [-0.05, 0) is 24.3 Å². The molecule has 0 saturated carbocycles. The molecule has 0 aliphatic heterocycles. The third-order valence-electron chi connectivity index (χ3n) is 2.41. The van der Waals surface area contributed by atoms with Crippen LogP contribution in [0, 0.1) is 11.6 Å². The second kappa shape index (κ2) is 5.80. The van der Waals surface area contributed by atoms with Crippen LogP contribution in [0.3, 0.4) is 0 Å². The van der Waals surface area contributed by atoms with E-state index in [2.05, 4.69) is 10.9 Å².